The minimum atomic E-state index is -0.0216. The Morgan fingerprint density at radius 1 is 1.54 bits per heavy atom. The number of allylic oxidation sites excluding steroid dienone is 2. The zero-order valence-corrected chi connectivity index (χ0v) is 7.95. The highest BCUT2D eigenvalue weighted by Gasteiger charge is 1.93. The van der Waals surface area contributed by atoms with Gasteiger partial charge < -0.3 is 10.3 Å². The Bertz CT molecular complexity index is 373. The Kier molecular flexibility index (Phi) is 2.90. The largest absolute Gasteiger partial charge is 0.398 e. The van der Waals surface area contributed by atoms with Gasteiger partial charge in [0, 0.05) is 24.5 Å². The predicted molar refractivity (Wildman–Crippen MR) is 54.5 cm³/mol. The van der Waals surface area contributed by atoms with Gasteiger partial charge in [-0.1, -0.05) is 11.6 Å². The van der Waals surface area contributed by atoms with E-state index in [1.54, 1.807) is 16.8 Å². The highest BCUT2D eigenvalue weighted by molar-refractivity contribution is 5.33. The second-order valence-corrected chi connectivity index (χ2v) is 3.23. The minimum absolute atomic E-state index is 0.0216. The molecule has 70 valence electrons. The quantitative estimate of drug-likeness (QED) is 0.696. The van der Waals surface area contributed by atoms with Gasteiger partial charge in [-0.25, -0.2) is 0 Å². The molecule has 0 atom stereocenters. The molecule has 0 aromatic carbocycles. The SMILES string of the molecule is CC(C)=CCn1cc(N)ccc1=O. The first kappa shape index (κ1) is 9.58. The summed E-state index contributed by atoms with van der Waals surface area (Å²) in [5.41, 5.74) is 7.33. The van der Waals surface area contributed by atoms with E-state index in [1.165, 1.54) is 11.6 Å². The molecule has 0 amide bonds. The van der Waals surface area contributed by atoms with Gasteiger partial charge in [0.1, 0.15) is 0 Å². The van der Waals surface area contributed by atoms with Crippen molar-refractivity contribution in [1.29, 1.82) is 0 Å². The number of nitrogen functional groups attached to an aromatic ring is 1. The van der Waals surface area contributed by atoms with Crippen molar-refractivity contribution in [2.75, 3.05) is 5.73 Å². The third kappa shape index (κ3) is 2.78. The second-order valence-electron chi connectivity index (χ2n) is 3.23. The Hall–Kier alpha value is -1.51. The summed E-state index contributed by atoms with van der Waals surface area (Å²) in [5.74, 6) is 0. The summed E-state index contributed by atoms with van der Waals surface area (Å²) in [6.45, 7) is 4.58. The molecule has 13 heavy (non-hydrogen) atoms. The highest BCUT2D eigenvalue weighted by atomic mass is 16.1. The lowest BCUT2D eigenvalue weighted by Crippen LogP contribution is -2.18. The summed E-state index contributed by atoms with van der Waals surface area (Å²) < 4.78 is 1.59. The lowest BCUT2D eigenvalue weighted by atomic mass is 10.3. The minimum Gasteiger partial charge on any atom is -0.398 e. The van der Waals surface area contributed by atoms with Crippen LogP contribution in [0.25, 0.3) is 0 Å². The molecule has 0 aliphatic carbocycles. The van der Waals surface area contributed by atoms with E-state index in [4.69, 9.17) is 5.73 Å². The van der Waals surface area contributed by atoms with Crippen molar-refractivity contribution in [2.45, 2.75) is 20.4 Å². The summed E-state index contributed by atoms with van der Waals surface area (Å²) in [6, 6.07) is 3.09. The summed E-state index contributed by atoms with van der Waals surface area (Å²) in [5, 5.41) is 0. The fourth-order valence-corrected chi connectivity index (χ4v) is 0.973. The van der Waals surface area contributed by atoms with Crippen LogP contribution < -0.4 is 11.3 Å². The molecule has 2 N–H and O–H groups in total. The lowest BCUT2D eigenvalue weighted by molar-refractivity contribution is 0.776. The Balaban J connectivity index is 2.94. The predicted octanol–water partition coefficient (Wildman–Crippen LogP) is 1.40. The number of anilines is 1. The molecular weight excluding hydrogens is 164 g/mol. The summed E-state index contributed by atoms with van der Waals surface area (Å²) >= 11 is 0. The van der Waals surface area contributed by atoms with Crippen molar-refractivity contribution in [1.82, 2.24) is 4.57 Å². The highest BCUT2D eigenvalue weighted by Crippen LogP contribution is 1.97. The third-order valence-corrected chi connectivity index (χ3v) is 1.70. The Morgan fingerprint density at radius 3 is 2.85 bits per heavy atom. The topological polar surface area (TPSA) is 48.0 Å². The molecule has 1 rings (SSSR count). The van der Waals surface area contributed by atoms with Crippen molar-refractivity contribution in [3.8, 4) is 0 Å². The number of pyridine rings is 1. The molecule has 0 unspecified atom stereocenters. The normalized spacial score (nSPS) is 9.69. The van der Waals surface area contributed by atoms with Crippen LogP contribution in [-0.2, 0) is 6.54 Å². The fraction of sp³-hybridized carbons (Fsp3) is 0.300. The maximum atomic E-state index is 11.3. The molecule has 3 nitrogen and oxygen atoms in total. The standard InChI is InChI=1S/C10H14N2O/c1-8(2)5-6-12-7-9(11)3-4-10(12)13/h3-5,7H,6,11H2,1-2H3. The lowest BCUT2D eigenvalue weighted by Gasteiger charge is -2.02. The van der Waals surface area contributed by atoms with Crippen molar-refractivity contribution >= 4 is 5.69 Å². The van der Waals surface area contributed by atoms with E-state index >= 15 is 0 Å². The van der Waals surface area contributed by atoms with Crippen molar-refractivity contribution < 1.29 is 0 Å². The van der Waals surface area contributed by atoms with Gasteiger partial charge in [-0.05, 0) is 19.9 Å². The van der Waals surface area contributed by atoms with Crippen molar-refractivity contribution in [3.05, 3.63) is 40.3 Å². The van der Waals surface area contributed by atoms with E-state index in [0.717, 1.165) is 0 Å². The van der Waals surface area contributed by atoms with Crippen LogP contribution in [0.5, 0.6) is 0 Å². The molecule has 0 saturated carbocycles. The van der Waals surface area contributed by atoms with Crippen molar-refractivity contribution in [2.24, 2.45) is 0 Å². The average Bonchev–Trinajstić information content (AvgIpc) is 2.06. The van der Waals surface area contributed by atoms with Gasteiger partial charge in [-0.15, -0.1) is 0 Å². The number of aromatic nitrogens is 1. The molecule has 0 aliphatic rings. The Labute approximate surface area is 77.5 Å². The van der Waals surface area contributed by atoms with Gasteiger partial charge >= 0.3 is 0 Å². The second kappa shape index (κ2) is 3.94. The molecule has 1 aromatic heterocycles. The van der Waals surface area contributed by atoms with Gasteiger partial charge in [0.05, 0.1) is 0 Å². The molecule has 0 fully saturated rings. The molecule has 1 heterocycles. The molecule has 3 heteroatoms. The van der Waals surface area contributed by atoms with Crippen LogP contribution in [0, 0.1) is 0 Å². The van der Waals surface area contributed by atoms with Gasteiger partial charge in [0.15, 0.2) is 0 Å². The number of rotatable bonds is 2. The molecule has 0 spiro atoms. The molecule has 0 aliphatic heterocycles. The van der Waals surface area contributed by atoms with Gasteiger partial charge in [-0.2, -0.15) is 0 Å². The number of hydrogen-bond acceptors (Lipinski definition) is 2. The fourth-order valence-electron chi connectivity index (χ4n) is 0.973. The van der Waals surface area contributed by atoms with Crippen LogP contribution in [0.1, 0.15) is 13.8 Å². The molecular formula is C10H14N2O. The van der Waals surface area contributed by atoms with E-state index in [2.05, 4.69) is 0 Å². The van der Waals surface area contributed by atoms with Crippen LogP contribution in [0.15, 0.2) is 34.8 Å². The first-order valence-electron chi connectivity index (χ1n) is 4.19. The van der Waals surface area contributed by atoms with Crippen LogP contribution in [0.4, 0.5) is 5.69 Å². The maximum absolute atomic E-state index is 11.3. The van der Waals surface area contributed by atoms with Gasteiger partial charge in [0.25, 0.3) is 5.56 Å². The van der Waals surface area contributed by atoms with Crippen LogP contribution in [-0.4, -0.2) is 4.57 Å². The monoisotopic (exact) mass is 178 g/mol. The number of nitrogens with two attached hydrogens (primary N) is 1. The van der Waals surface area contributed by atoms with E-state index < -0.39 is 0 Å². The first-order valence-corrected chi connectivity index (χ1v) is 4.19. The number of nitrogens with zero attached hydrogens (tertiary/aromatic N) is 1. The van der Waals surface area contributed by atoms with E-state index in [9.17, 15) is 4.79 Å². The summed E-state index contributed by atoms with van der Waals surface area (Å²) in [6.07, 6.45) is 3.64. The van der Waals surface area contributed by atoms with Gasteiger partial charge in [0.2, 0.25) is 0 Å². The molecule has 0 bridgehead atoms. The first-order chi connectivity index (χ1) is 6.09. The number of hydrogen-bond donors (Lipinski definition) is 1. The van der Waals surface area contributed by atoms with E-state index in [0.29, 0.717) is 12.2 Å². The Morgan fingerprint density at radius 2 is 2.23 bits per heavy atom. The van der Waals surface area contributed by atoms with Crippen LogP contribution in [0.2, 0.25) is 0 Å². The summed E-state index contributed by atoms with van der Waals surface area (Å²) in [4.78, 5) is 11.3. The van der Waals surface area contributed by atoms with Gasteiger partial charge in [-0.3, -0.25) is 4.79 Å². The zero-order valence-electron chi connectivity index (χ0n) is 7.95. The molecule has 0 radical (unpaired) electrons. The van der Waals surface area contributed by atoms with E-state index in [-0.39, 0.29) is 5.56 Å². The smallest absolute Gasteiger partial charge is 0.250 e. The zero-order chi connectivity index (χ0) is 9.84. The van der Waals surface area contributed by atoms with E-state index in [1.807, 2.05) is 19.9 Å². The van der Waals surface area contributed by atoms with Crippen LogP contribution >= 0.6 is 0 Å². The average molecular weight is 178 g/mol. The van der Waals surface area contributed by atoms with Crippen molar-refractivity contribution in [3.63, 3.8) is 0 Å². The molecule has 0 saturated heterocycles. The third-order valence-electron chi connectivity index (χ3n) is 1.70. The molecule has 1 aromatic rings. The van der Waals surface area contributed by atoms with Crippen LogP contribution in [0.3, 0.4) is 0 Å². The maximum Gasteiger partial charge on any atom is 0.250 e. The summed E-state index contributed by atoms with van der Waals surface area (Å²) in [7, 11) is 0.